The van der Waals surface area contributed by atoms with Crippen molar-refractivity contribution in [1.29, 1.82) is 0 Å². The van der Waals surface area contributed by atoms with E-state index < -0.39 is 12.1 Å². The molecule has 1 fully saturated rings. The second-order valence-electron chi connectivity index (χ2n) is 5.52. The Labute approximate surface area is 124 Å². The summed E-state index contributed by atoms with van der Waals surface area (Å²) in [5.41, 5.74) is 0.929. The lowest BCUT2D eigenvalue weighted by Gasteiger charge is -2.40. The average molecular weight is 295 g/mol. The molecule has 0 bridgehead atoms. The number of halogens is 1. The molecule has 1 aliphatic heterocycles. The predicted octanol–water partition coefficient (Wildman–Crippen LogP) is 2.21. The highest BCUT2D eigenvalue weighted by Crippen LogP contribution is 2.21. The van der Waals surface area contributed by atoms with Crippen molar-refractivity contribution in [1.82, 2.24) is 10.2 Å². The van der Waals surface area contributed by atoms with Crippen molar-refractivity contribution in [3.63, 3.8) is 0 Å². The van der Waals surface area contributed by atoms with Crippen LogP contribution in [0.1, 0.15) is 26.3 Å². The lowest BCUT2D eigenvalue weighted by molar-refractivity contribution is -0.151. The molecule has 0 spiro atoms. The van der Waals surface area contributed by atoms with E-state index in [-0.39, 0.29) is 17.7 Å². The number of carbonyl (C=O) groups is 2. The Kier molecular flexibility index (Phi) is 4.33. The van der Waals surface area contributed by atoms with Crippen molar-refractivity contribution in [3.8, 4) is 0 Å². The van der Waals surface area contributed by atoms with E-state index in [4.69, 9.17) is 11.6 Å². The molecule has 1 heterocycles. The zero-order valence-corrected chi connectivity index (χ0v) is 12.6. The second kappa shape index (κ2) is 5.83. The van der Waals surface area contributed by atoms with E-state index in [1.807, 2.05) is 32.0 Å². The maximum atomic E-state index is 12.4. The highest BCUT2D eigenvalue weighted by atomic mass is 35.5. The Hall–Kier alpha value is -1.55. The van der Waals surface area contributed by atoms with Crippen LogP contribution in [0.25, 0.3) is 0 Å². The van der Waals surface area contributed by atoms with Crippen LogP contribution in [0.2, 0.25) is 5.02 Å². The van der Waals surface area contributed by atoms with Crippen molar-refractivity contribution in [2.75, 3.05) is 0 Å². The molecular formula is C15H19ClN2O2. The number of nitrogens with one attached hydrogen (secondary N) is 1. The fraction of sp³-hybridized carbons (Fsp3) is 0.467. The second-order valence-corrected chi connectivity index (χ2v) is 5.95. The molecular weight excluding hydrogens is 276 g/mol. The molecule has 2 unspecified atom stereocenters. The van der Waals surface area contributed by atoms with Crippen LogP contribution in [0, 0.1) is 5.92 Å². The Morgan fingerprint density at radius 2 is 2.05 bits per heavy atom. The summed E-state index contributed by atoms with van der Waals surface area (Å²) in [7, 11) is 0. The van der Waals surface area contributed by atoms with E-state index >= 15 is 0 Å². The number of hydrogen-bond donors (Lipinski definition) is 1. The van der Waals surface area contributed by atoms with Crippen molar-refractivity contribution >= 4 is 23.4 Å². The van der Waals surface area contributed by atoms with Gasteiger partial charge in [-0.2, -0.15) is 0 Å². The largest absolute Gasteiger partial charge is 0.343 e. The molecule has 0 saturated carbocycles. The Morgan fingerprint density at radius 1 is 1.35 bits per heavy atom. The Balaban J connectivity index is 2.28. The SMILES string of the molecule is CC1NC(=O)C(C(C)C)N(Cc2cccc(Cl)c2)C1=O. The fourth-order valence-electron chi connectivity index (χ4n) is 2.56. The Morgan fingerprint density at radius 3 is 2.65 bits per heavy atom. The summed E-state index contributed by atoms with van der Waals surface area (Å²) in [6.45, 7) is 6.00. The molecule has 1 saturated heterocycles. The molecule has 2 rings (SSSR count). The molecule has 0 aromatic heterocycles. The molecule has 0 aliphatic carbocycles. The van der Waals surface area contributed by atoms with Crippen LogP contribution in [0.5, 0.6) is 0 Å². The van der Waals surface area contributed by atoms with Gasteiger partial charge in [0.15, 0.2) is 0 Å². The first-order chi connectivity index (χ1) is 9.40. The minimum absolute atomic E-state index is 0.0525. The smallest absolute Gasteiger partial charge is 0.245 e. The van der Waals surface area contributed by atoms with Gasteiger partial charge in [0.2, 0.25) is 11.8 Å². The highest BCUT2D eigenvalue weighted by Gasteiger charge is 2.39. The number of amides is 2. The molecule has 4 nitrogen and oxygen atoms in total. The molecule has 1 aromatic carbocycles. The van der Waals surface area contributed by atoms with Gasteiger partial charge in [0.1, 0.15) is 12.1 Å². The molecule has 5 heteroatoms. The van der Waals surface area contributed by atoms with Crippen molar-refractivity contribution in [3.05, 3.63) is 34.9 Å². The van der Waals surface area contributed by atoms with Crippen LogP contribution >= 0.6 is 11.6 Å². The third kappa shape index (κ3) is 2.96. The molecule has 1 aromatic rings. The van der Waals surface area contributed by atoms with Crippen molar-refractivity contribution in [2.24, 2.45) is 5.92 Å². The standard InChI is InChI=1S/C15H19ClN2O2/c1-9(2)13-14(19)17-10(3)15(20)18(13)8-11-5-4-6-12(16)7-11/h4-7,9-10,13H,8H2,1-3H3,(H,17,19). The normalized spacial score (nSPS) is 23.1. The van der Waals surface area contributed by atoms with Crippen LogP contribution < -0.4 is 5.32 Å². The highest BCUT2D eigenvalue weighted by molar-refractivity contribution is 6.30. The maximum absolute atomic E-state index is 12.4. The van der Waals surface area contributed by atoms with Gasteiger partial charge >= 0.3 is 0 Å². The number of benzene rings is 1. The zero-order chi connectivity index (χ0) is 14.9. The zero-order valence-electron chi connectivity index (χ0n) is 11.9. The molecule has 20 heavy (non-hydrogen) atoms. The van der Waals surface area contributed by atoms with Gasteiger partial charge in [-0.25, -0.2) is 0 Å². The van der Waals surface area contributed by atoms with Crippen LogP contribution in [0.4, 0.5) is 0 Å². The molecule has 1 aliphatic rings. The number of hydrogen-bond acceptors (Lipinski definition) is 2. The number of nitrogens with zero attached hydrogens (tertiary/aromatic N) is 1. The van der Waals surface area contributed by atoms with E-state index in [1.54, 1.807) is 17.9 Å². The molecule has 2 atom stereocenters. The van der Waals surface area contributed by atoms with Gasteiger partial charge in [0.25, 0.3) is 0 Å². The summed E-state index contributed by atoms with van der Waals surface area (Å²) in [6.07, 6.45) is 0. The van der Waals surface area contributed by atoms with Gasteiger partial charge < -0.3 is 10.2 Å². The summed E-state index contributed by atoms with van der Waals surface area (Å²) in [5, 5.41) is 3.36. The quantitative estimate of drug-likeness (QED) is 0.929. The monoisotopic (exact) mass is 294 g/mol. The lowest BCUT2D eigenvalue weighted by atomic mass is 9.96. The van der Waals surface area contributed by atoms with E-state index in [0.717, 1.165) is 5.56 Å². The summed E-state index contributed by atoms with van der Waals surface area (Å²) >= 11 is 5.97. The summed E-state index contributed by atoms with van der Waals surface area (Å²) in [5.74, 6) is -0.0805. The van der Waals surface area contributed by atoms with Crippen LogP contribution in [-0.4, -0.2) is 28.8 Å². The number of rotatable bonds is 3. The minimum atomic E-state index is -0.475. The first-order valence-corrected chi connectivity index (χ1v) is 7.13. The van der Waals surface area contributed by atoms with Crippen molar-refractivity contribution < 1.29 is 9.59 Å². The molecule has 1 N–H and O–H groups in total. The Bertz CT molecular complexity index is 530. The van der Waals surface area contributed by atoms with Crippen molar-refractivity contribution in [2.45, 2.75) is 39.4 Å². The van der Waals surface area contributed by atoms with Gasteiger partial charge in [-0.05, 0) is 30.5 Å². The van der Waals surface area contributed by atoms with Gasteiger partial charge in [-0.15, -0.1) is 0 Å². The first-order valence-electron chi connectivity index (χ1n) is 6.75. The minimum Gasteiger partial charge on any atom is -0.343 e. The molecule has 0 radical (unpaired) electrons. The topological polar surface area (TPSA) is 49.4 Å². The lowest BCUT2D eigenvalue weighted by Crippen LogP contribution is -2.63. The number of piperazine rings is 1. The van der Waals surface area contributed by atoms with Gasteiger partial charge in [0.05, 0.1) is 0 Å². The first kappa shape index (κ1) is 14.9. The van der Waals surface area contributed by atoms with Crippen LogP contribution in [0.15, 0.2) is 24.3 Å². The average Bonchev–Trinajstić information content (AvgIpc) is 2.35. The summed E-state index contributed by atoms with van der Waals surface area (Å²) in [6, 6.07) is 6.46. The molecule has 108 valence electrons. The third-order valence-corrected chi connectivity index (χ3v) is 3.73. The summed E-state index contributed by atoms with van der Waals surface area (Å²) in [4.78, 5) is 26.1. The maximum Gasteiger partial charge on any atom is 0.245 e. The van der Waals surface area contributed by atoms with Gasteiger partial charge in [0, 0.05) is 11.6 Å². The van der Waals surface area contributed by atoms with E-state index in [9.17, 15) is 9.59 Å². The van der Waals surface area contributed by atoms with Crippen LogP contribution in [0.3, 0.4) is 0 Å². The molecule has 2 amide bonds. The fourth-order valence-corrected chi connectivity index (χ4v) is 2.77. The van der Waals surface area contributed by atoms with E-state index in [0.29, 0.717) is 11.6 Å². The summed E-state index contributed by atoms with van der Waals surface area (Å²) < 4.78 is 0. The predicted molar refractivity (Wildman–Crippen MR) is 78.2 cm³/mol. The van der Waals surface area contributed by atoms with E-state index in [2.05, 4.69) is 5.32 Å². The number of carbonyl (C=O) groups excluding carboxylic acids is 2. The van der Waals surface area contributed by atoms with Gasteiger partial charge in [-0.3, -0.25) is 9.59 Å². The van der Waals surface area contributed by atoms with E-state index in [1.165, 1.54) is 0 Å². The third-order valence-electron chi connectivity index (χ3n) is 3.49. The van der Waals surface area contributed by atoms with Crippen LogP contribution in [-0.2, 0) is 16.1 Å². The van der Waals surface area contributed by atoms with Gasteiger partial charge in [-0.1, -0.05) is 37.6 Å².